The summed E-state index contributed by atoms with van der Waals surface area (Å²) in [5.74, 6) is 0.277. The van der Waals surface area contributed by atoms with Crippen molar-refractivity contribution in [3.8, 4) is 0 Å². The second kappa shape index (κ2) is 7.32. The molecule has 21 heavy (non-hydrogen) atoms. The van der Waals surface area contributed by atoms with Crippen LogP contribution in [0.3, 0.4) is 0 Å². The van der Waals surface area contributed by atoms with E-state index in [-0.39, 0.29) is 0 Å². The molecule has 0 aliphatic heterocycles. The summed E-state index contributed by atoms with van der Waals surface area (Å²) in [5, 5.41) is 13.2. The first-order valence-corrected chi connectivity index (χ1v) is 8.76. The van der Waals surface area contributed by atoms with Crippen LogP contribution >= 0.6 is 11.8 Å². The summed E-state index contributed by atoms with van der Waals surface area (Å²) in [5.41, 5.74) is 1.90. The fourth-order valence-corrected chi connectivity index (χ4v) is 4.49. The Hall–Kier alpha value is -1.00. The van der Waals surface area contributed by atoms with Crippen molar-refractivity contribution in [2.45, 2.75) is 56.1 Å². The van der Waals surface area contributed by atoms with Crippen LogP contribution in [-0.4, -0.2) is 28.4 Å². The third-order valence-electron chi connectivity index (χ3n) is 4.20. The molecule has 0 saturated heterocycles. The number of aryl methyl sites for hydroxylation is 1. The van der Waals surface area contributed by atoms with Crippen molar-refractivity contribution in [1.29, 1.82) is 0 Å². The van der Waals surface area contributed by atoms with Gasteiger partial charge in [-0.25, -0.2) is 0 Å². The molecule has 1 saturated carbocycles. The van der Waals surface area contributed by atoms with E-state index in [0.717, 1.165) is 31.4 Å². The van der Waals surface area contributed by atoms with E-state index >= 15 is 0 Å². The van der Waals surface area contributed by atoms with Gasteiger partial charge in [-0.3, -0.25) is 4.79 Å². The van der Waals surface area contributed by atoms with E-state index in [9.17, 15) is 9.90 Å². The predicted octanol–water partition coefficient (Wildman–Crippen LogP) is 3.60. The molecular weight excluding hydrogens is 282 g/mol. The van der Waals surface area contributed by atoms with Gasteiger partial charge >= 0.3 is 5.97 Å². The van der Waals surface area contributed by atoms with Gasteiger partial charge < -0.3 is 10.4 Å². The maximum absolute atomic E-state index is 11.7. The van der Waals surface area contributed by atoms with Gasteiger partial charge in [-0.1, -0.05) is 36.8 Å². The summed E-state index contributed by atoms with van der Waals surface area (Å²) in [6, 6.07) is 8.56. The molecule has 0 spiro atoms. The topological polar surface area (TPSA) is 49.3 Å². The lowest BCUT2D eigenvalue weighted by molar-refractivity contribution is -0.146. The fraction of sp³-hybridized carbons (Fsp3) is 0.588. The average Bonchev–Trinajstić information content (AvgIpc) is 2.46. The Kier molecular flexibility index (Phi) is 5.71. The lowest BCUT2D eigenvalue weighted by Gasteiger charge is -2.38. The highest BCUT2D eigenvalue weighted by atomic mass is 32.2. The highest BCUT2D eigenvalue weighted by Gasteiger charge is 2.42. The van der Waals surface area contributed by atoms with E-state index < -0.39 is 11.5 Å². The number of carbonyl (C=O) groups is 1. The molecule has 1 fully saturated rings. The molecule has 2 N–H and O–H groups in total. The van der Waals surface area contributed by atoms with Crippen LogP contribution in [0.4, 0.5) is 0 Å². The molecule has 0 radical (unpaired) electrons. The van der Waals surface area contributed by atoms with E-state index in [4.69, 9.17) is 0 Å². The minimum absolute atomic E-state index is 0.425. The quantitative estimate of drug-likeness (QED) is 0.843. The summed E-state index contributed by atoms with van der Waals surface area (Å²) in [6.07, 6.45) is 3.59. The number of benzene rings is 1. The number of aliphatic carboxylic acids is 1. The van der Waals surface area contributed by atoms with Crippen LogP contribution in [0.15, 0.2) is 24.3 Å². The Balaban J connectivity index is 1.96. The first kappa shape index (κ1) is 16.4. The lowest BCUT2D eigenvalue weighted by atomic mass is 9.81. The van der Waals surface area contributed by atoms with Crippen molar-refractivity contribution < 1.29 is 9.90 Å². The van der Waals surface area contributed by atoms with Crippen molar-refractivity contribution in [3.05, 3.63) is 35.4 Å². The van der Waals surface area contributed by atoms with Crippen LogP contribution in [0.5, 0.6) is 0 Å². The minimum atomic E-state index is -0.711. The molecular formula is C17H25NO2S. The largest absolute Gasteiger partial charge is 0.480 e. The van der Waals surface area contributed by atoms with Gasteiger partial charge in [0.05, 0.1) is 0 Å². The average molecular weight is 307 g/mol. The number of carboxylic acid groups (broad SMARTS) is 1. The molecule has 0 amide bonds. The molecule has 0 bridgehead atoms. The summed E-state index contributed by atoms with van der Waals surface area (Å²) >= 11 is 1.90. The highest BCUT2D eigenvalue weighted by Crippen LogP contribution is 2.36. The SMILES string of the molecule is CCNC1(C(=O)O)CCCC(SCc2cccc(C)c2)C1. The van der Waals surface area contributed by atoms with Crippen LogP contribution in [0.2, 0.25) is 0 Å². The minimum Gasteiger partial charge on any atom is -0.480 e. The maximum atomic E-state index is 11.7. The monoisotopic (exact) mass is 307 g/mol. The number of carboxylic acids is 1. The number of hydrogen-bond donors (Lipinski definition) is 2. The molecule has 1 aliphatic rings. The van der Waals surface area contributed by atoms with E-state index in [1.54, 1.807) is 0 Å². The van der Waals surface area contributed by atoms with Gasteiger partial charge in [0.2, 0.25) is 0 Å². The Morgan fingerprint density at radius 1 is 1.52 bits per heavy atom. The number of rotatable bonds is 6. The van der Waals surface area contributed by atoms with Gasteiger partial charge in [-0.2, -0.15) is 11.8 Å². The molecule has 2 unspecified atom stereocenters. The zero-order chi connectivity index (χ0) is 15.3. The fourth-order valence-electron chi connectivity index (χ4n) is 3.15. The van der Waals surface area contributed by atoms with Gasteiger partial charge in [-0.05, 0) is 44.7 Å². The normalized spacial score (nSPS) is 25.7. The second-order valence-corrected chi connectivity index (χ2v) is 7.22. The number of thioether (sulfide) groups is 1. The summed E-state index contributed by atoms with van der Waals surface area (Å²) < 4.78 is 0. The zero-order valence-corrected chi connectivity index (χ0v) is 13.7. The highest BCUT2D eigenvalue weighted by molar-refractivity contribution is 7.99. The van der Waals surface area contributed by atoms with Crippen molar-refractivity contribution >= 4 is 17.7 Å². The van der Waals surface area contributed by atoms with Gasteiger partial charge in [-0.15, -0.1) is 0 Å². The molecule has 3 nitrogen and oxygen atoms in total. The molecule has 2 atom stereocenters. The van der Waals surface area contributed by atoms with Crippen molar-refractivity contribution in [2.24, 2.45) is 0 Å². The first-order chi connectivity index (χ1) is 10.1. The predicted molar refractivity (Wildman–Crippen MR) is 88.8 cm³/mol. The maximum Gasteiger partial charge on any atom is 0.323 e. The number of likely N-dealkylation sites (N-methyl/N-ethyl adjacent to an activating group) is 1. The Labute approximate surface area is 131 Å². The molecule has 1 aliphatic carbocycles. The molecule has 1 aromatic carbocycles. The molecule has 2 rings (SSSR count). The smallest absolute Gasteiger partial charge is 0.323 e. The van der Waals surface area contributed by atoms with Crippen molar-refractivity contribution in [1.82, 2.24) is 5.32 Å². The van der Waals surface area contributed by atoms with Crippen LogP contribution in [0.1, 0.15) is 43.7 Å². The van der Waals surface area contributed by atoms with Crippen molar-refractivity contribution in [2.75, 3.05) is 6.54 Å². The van der Waals surface area contributed by atoms with Crippen LogP contribution in [-0.2, 0) is 10.5 Å². The van der Waals surface area contributed by atoms with Gasteiger partial charge in [0, 0.05) is 11.0 Å². The van der Waals surface area contributed by atoms with Gasteiger partial charge in [0.1, 0.15) is 5.54 Å². The summed E-state index contributed by atoms with van der Waals surface area (Å²) in [6.45, 7) is 4.80. The van der Waals surface area contributed by atoms with E-state index in [1.807, 2.05) is 18.7 Å². The second-order valence-electron chi connectivity index (χ2n) is 5.94. The Morgan fingerprint density at radius 2 is 2.33 bits per heavy atom. The third-order valence-corrected chi connectivity index (χ3v) is 5.57. The first-order valence-electron chi connectivity index (χ1n) is 7.71. The molecule has 0 aromatic heterocycles. The van der Waals surface area contributed by atoms with Crippen LogP contribution in [0, 0.1) is 6.92 Å². The van der Waals surface area contributed by atoms with E-state index in [1.165, 1.54) is 11.1 Å². The number of nitrogens with one attached hydrogen (secondary N) is 1. The zero-order valence-electron chi connectivity index (χ0n) is 12.9. The Morgan fingerprint density at radius 3 is 3.00 bits per heavy atom. The van der Waals surface area contributed by atoms with Crippen molar-refractivity contribution in [3.63, 3.8) is 0 Å². The Bertz CT molecular complexity index is 487. The van der Waals surface area contributed by atoms with Gasteiger partial charge in [0.25, 0.3) is 0 Å². The van der Waals surface area contributed by atoms with Gasteiger partial charge in [0.15, 0.2) is 0 Å². The van der Waals surface area contributed by atoms with E-state index in [2.05, 4.69) is 36.5 Å². The molecule has 1 aromatic rings. The standard InChI is InChI=1S/C17H25NO2S/c1-3-18-17(16(19)20)9-5-8-15(11-17)21-12-14-7-4-6-13(2)10-14/h4,6-7,10,15,18H,3,5,8-9,11-12H2,1-2H3,(H,19,20). The van der Waals surface area contributed by atoms with E-state index in [0.29, 0.717) is 11.8 Å². The lowest BCUT2D eigenvalue weighted by Crippen LogP contribution is -2.55. The molecule has 0 heterocycles. The molecule has 4 heteroatoms. The van der Waals surface area contributed by atoms with Crippen LogP contribution in [0.25, 0.3) is 0 Å². The summed E-state index contributed by atoms with van der Waals surface area (Å²) in [7, 11) is 0. The summed E-state index contributed by atoms with van der Waals surface area (Å²) in [4.78, 5) is 11.7. The molecule has 116 valence electrons. The third kappa shape index (κ3) is 4.24. The van der Waals surface area contributed by atoms with Crippen LogP contribution < -0.4 is 5.32 Å². The number of hydrogen-bond acceptors (Lipinski definition) is 3.